The van der Waals surface area contributed by atoms with Crippen molar-refractivity contribution in [1.82, 2.24) is 0 Å². The first-order valence-corrected chi connectivity index (χ1v) is 6.76. The Morgan fingerprint density at radius 2 is 1.63 bits per heavy atom. The molecule has 1 nitrogen and oxygen atoms in total. The second-order valence-electron chi connectivity index (χ2n) is 4.20. The van der Waals surface area contributed by atoms with E-state index in [-0.39, 0.29) is 11.1 Å². The molecule has 0 bridgehead atoms. The summed E-state index contributed by atoms with van der Waals surface area (Å²) in [6.07, 6.45) is 0. The van der Waals surface area contributed by atoms with Gasteiger partial charge in [-0.3, -0.25) is 0 Å². The maximum Gasteiger partial charge on any atom is 0.141 e. The molecular formula is C14H11Cl3FN. The summed E-state index contributed by atoms with van der Waals surface area (Å²) in [7, 11) is 0. The molecule has 0 radical (unpaired) electrons. The molecule has 5 heteroatoms. The van der Waals surface area contributed by atoms with Gasteiger partial charge in [0.25, 0.3) is 0 Å². The predicted molar refractivity (Wildman–Crippen MR) is 79.9 cm³/mol. The number of halogens is 4. The third kappa shape index (κ3) is 3.75. The van der Waals surface area contributed by atoms with Crippen molar-refractivity contribution in [2.24, 2.45) is 0 Å². The van der Waals surface area contributed by atoms with Crippen LogP contribution in [-0.2, 0) is 0 Å². The van der Waals surface area contributed by atoms with Crippen LogP contribution >= 0.6 is 34.8 Å². The highest BCUT2D eigenvalue weighted by Gasteiger charge is 2.09. The van der Waals surface area contributed by atoms with E-state index in [4.69, 9.17) is 34.8 Å². The summed E-state index contributed by atoms with van der Waals surface area (Å²) in [4.78, 5) is 0. The molecule has 0 saturated carbocycles. The Kier molecular flexibility index (Phi) is 4.56. The first-order valence-electron chi connectivity index (χ1n) is 5.63. The fourth-order valence-corrected chi connectivity index (χ4v) is 2.47. The zero-order chi connectivity index (χ0) is 14.0. The highest BCUT2D eigenvalue weighted by Crippen LogP contribution is 2.27. The van der Waals surface area contributed by atoms with Gasteiger partial charge in [-0.25, -0.2) is 4.39 Å². The van der Waals surface area contributed by atoms with Crippen molar-refractivity contribution in [1.29, 1.82) is 0 Å². The Morgan fingerprint density at radius 3 is 2.21 bits per heavy atom. The van der Waals surface area contributed by atoms with Gasteiger partial charge in [0.05, 0.1) is 5.02 Å². The summed E-state index contributed by atoms with van der Waals surface area (Å²) in [6.45, 7) is 1.94. The summed E-state index contributed by atoms with van der Waals surface area (Å²) < 4.78 is 13.1. The number of nitrogens with one attached hydrogen (secondary N) is 1. The molecule has 0 aliphatic carbocycles. The Bertz CT molecular complexity index is 581. The van der Waals surface area contributed by atoms with E-state index in [0.29, 0.717) is 10.0 Å². The third-order valence-electron chi connectivity index (χ3n) is 2.69. The largest absolute Gasteiger partial charge is 0.378 e. The van der Waals surface area contributed by atoms with Crippen LogP contribution in [0.4, 0.5) is 10.1 Å². The standard InChI is InChI=1S/C14H11Cl3FN/c1-8(9-2-3-14(18)13(17)4-9)19-12-6-10(15)5-11(16)7-12/h2-8,19H,1H3. The monoisotopic (exact) mass is 317 g/mol. The predicted octanol–water partition coefficient (Wildman–Crippen LogP) is 5.96. The van der Waals surface area contributed by atoms with Gasteiger partial charge in [-0.15, -0.1) is 0 Å². The van der Waals surface area contributed by atoms with Crippen LogP contribution in [0.5, 0.6) is 0 Å². The lowest BCUT2D eigenvalue weighted by atomic mass is 10.1. The lowest BCUT2D eigenvalue weighted by Gasteiger charge is -2.16. The van der Waals surface area contributed by atoms with E-state index in [0.717, 1.165) is 11.3 Å². The third-order valence-corrected chi connectivity index (χ3v) is 3.42. The van der Waals surface area contributed by atoms with Gasteiger partial charge < -0.3 is 5.32 Å². The molecule has 1 unspecified atom stereocenters. The Hall–Kier alpha value is -0.960. The van der Waals surface area contributed by atoms with Crippen molar-refractivity contribution >= 4 is 40.5 Å². The minimum atomic E-state index is -0.427. The van der Waals surface area contributed by atoms with Gasteiger partial charge in [-0.1, -0.05) is 40.9 Å². The molecule has 0 aliphatic heterocycles. The van der Waals surface area contributed by atoms with Gasteiger partial charge >= 0.3 is 0 Å². The van der Waals surface area contributed by atoms with Crippen LogP contribution in [0.15, 0.2) is 36.4 Å². The van der Waals surface area contributed by atoms with Crippen molar-refractivity contribution in [3.05, 3.63) is 62.8 Å². The summed E-state index contributed by atoms with van der Waals surface area (Å²) in [5, 5.41) is 4.45. The van der Waals surface area contributed by atoms with E-state index < -0.39 is 5.82 Å². The number of anilines is 1. The van der Waals surface area contributed by atoms with Crippen LogP contribution in [0, 0.1) is 5.82 Å². The molecule has 19 heavy (non-hydrogen) atoms. The summed E-state index contributed by atoms with van der Waals surface area (Å²) in [5.41, 5.74) is 1.67. The van der Waals surface area contributed by atoms with Gasteiger partial charge in [0, 0.05) is 21.8 Å². The molecule has 2 rings (SSSR count). The average molecular weight is 319 g/mol. The topological polar surface area (TPSA) is 12.0 Å². The summed E-state index contributed by atoms with van der Waals surface area (Å²) in [5.74, 6) is -0.427. The molecule has 1 atom stereocenters. The van der Waals surface area contributed by atoms with Crippen LogP contribution in [0.1, 0.15) is 18.5 Å². The van der Waals surface area contributed by atoms with Crippen molar-refractivity contribution in [2.45, 2.75) is 13.0 Å². The lowest BCUT2D eigenvalue weighted by Crippen LogP contribution is -2.06. The summed E-state index contributed by atoms with van der Waals surface area (Å²) in [6, 6.07) is 9.79. The minimum Gasteiger partial charge on any atom is -0.378 e. The highest BCUT2D eigenvalue weighted by atomic mass is 35.5. The molecule has 2 aromatic carbocycles. The first kappa shape index (κ1) is 14.4. The van der Waals surface area contributed by atoms with Crippen LogP contribution in [0.2, 0.25) is 15.1 Å². The van der Waals surface area contributed by atoms with Crippen molar-refractivity contribution in [3.8, 4) is 0 Å². The summed E-state index contributed by atoms with van der Waals surface area (Å²) >= 11 is 17.6. The van der Waals surface area contributed by atoms with Crippen molar-refractivity contribution < 1.29 is 4.39 Å². The number of benzene rings is 2. The normalized spacial score (nSPS) is 12.3. The second kappa shape index (κ2) is 6.00. The van der Waals surface area contributed by atoms with Crippen LogP contribution in [0.25, 0.3) is 0 Å². The van der Waals surface area contributed by atoms with E-state index in [2.05, 4.69) is 5.32 Å². The molecule has 0 amide bonds. The second-order valence-corrected chi connectivity index (χ2v) is 5.48. The van der Waals surface area contributed by atoms with Gasteiger partial charge in [0.1, 0.15) is 5.82 Å². The van der Waals surface area contributed by atoms with Gasteiger partial charge in [0.15, 0.2) is 0 Å². The highest BCUT2D eigenvalue weighted by molar-refractivity contribution is 6.35. The lowest BCUT2D eigenvalue weighted by molar-refractivity contribution is 0.627. The molecular weight excluding hydrogens is 308 g/mol. The molecule has 0 spiro atoms. The SMILES string of the molecule is CC(Nc1cc(Cl)cc(Cl)c1)c1ccc(F)c(Cl)c1. The maximum atomic E-state index is 13.1. The fraction of sp³-hybridized carbons (Fsp3) is 0.143. The quantitative estimate of drug-likeness (QED) is 0.736. The molecule has 1 N–H and O–H groups in total. The molecule has 100 valence electrons. The van der Waals surface area contributed by atoms with Crippen LogP contribution in [-0.4, -0.2) is 0 Å². The maximum absolute atomic E-state index is 13.1. The number of rotatable bonds is 3. The van der Waals surface area contributed by atoms with Gasteiger partial charge in [0.2, 0.25) is 0 Å². The van der Waals surface area contributed by atoms with E-state index in [1.54, 1.807) is 30.3 Å². The zero-order valence-electron chi connectivity index (χ0n) is 10.1. The van der Waals surface area contributed by atoms with E-state index in [1.807, 2.05) is 6.92 Å². The fourth-order valence-electron chi connectivity index (χ4n) is 1.75. The Balaban J connectivity index is 2.20. The number of hydrogen-bond acceptors (Lipinski definition) is 1. The van der Waals surface area contributed by atoms with E-state index in [9.17, 15) is 4.39 Å². The van der Waals surface area contributed by atoms with E-state index >= 15 is 0 Å². The van der Waals surface area contributed by atoms with Crippen LogP contribution in [0.3, 0.4) is 0 Å². The molecule has 0 saturated heterocycles. The average Bonchev–Trinajstić information content (AvgIpc) is 2.31. The first-order chi connectivity index (χ1) is 8.95. The minimum absolute atomic E-state index is 0.0485. The molecule has 2 aromatic rings. The van der Waals surface area contributed by atoms with Crippen molar-refractivity contribution in [3.63, 3.8) is 0 Å². The molecule has 0 aromatic heterocycles. The number of hydrogen-bond donors (Lipinski definition) is 1. The Morgan fingerprint density at radius 1 is 1.00 bits per heavy atom. The Labute approximate surface area is 126 Å². The van der Waals surface area contributed by atoms with Gasteiger partial charge in [-0.05, 0) is 42.8 Å². The van der Waals surface area contributed by atoms with Crippen molar-refractivity contribution in [2.75, 3.05) is 5.32 Å². The molecule has 0 aliphatic rings. The molecule has 0 fully saturated rings. The zero-order valence-corrected chi connectivity index (χ0v) is 12.3. The van der Waals surface area contributed by atoms with E-state index in [1.165, 1.54) is 6.07 Å². The van der Waals surface area contributed by atoms with Gasteiger partial charge in [-0.2, -0.15) is 0 Å². The molecule has 0 heterocycles. The smallest absolute Gasteiger partial charge is 0.141 e. The van der Waals surface area contributed by atoms with Crippen LogP contribution < -0.4 is 5.32 Å².